The fraction of sp³-hybridized carbons (Fsp3) is 0.208. The lowest BCUT2D eigenvalue weighted by Gasteiger charge is -2.11. The molecule has 3 amide bonds. The molecular formula is C24H21ClFN3O3S. The van der Waals surface area contributed by atoms with Crippen LogP contribution < -0.4 is 16.0 Å². The van der Waals surface area contributed by atoms with E-state index in [2.05, 4.69) is 16.0 Å². The van der Waals surface area contributed by atoms with Gasteiger partial charge in [-0.2, -0.15) is 0 Å². The van der Waals surface area contributed by atoms with Gasteiger partial charge in [-0.15, -0.1) is 11.3 Å². The molecule has 1 heterocycles. The SMILES string of the molecule is Cc1ccc(C(=O)NC2CC2)cc1NC(=O)c1sc(NC(=O)c2ccc(F)cc2Cl)cc1C. The highest BCUT2D eigenvalue weighted by Gasteiger charge is 2.24. The van der Waals surface area contributed by atoms with E-state index in [0.717, 1.165) is 41.9 Å². The summed E-state index contributed by atoms with van der Waals surface area (Å²) in [5.41, 5.74) is 2.65. The van der Waals surface area contributed by atoms with Crippen LogP contribution in [-0.2, 0) is 0 Å². The fourth-order valence-corrected chi connectivity index (χ4v) is 4.41. The molecule has 170 valence electrons. The van der Waals surface area contributed by atoms with Gasteiger partial charge in [-0.25, -0.2) is 4.39 Å². The van der Waals surface area contributed by atoms with E-state index in [1.165, 1.54) is 6.07 Å². The second-order valence-corrected chi connectivity index (χ2v) is 9.39. The Kier molecular flexibility index (Phi) is 6.49. The number of benzene rings is 2. The van der Waals surface area contributed by atoms with Crippen LogP contribution in [0.25, 0.3) is 0 Å². The van der Waals surface area contributed by atoms with Crippen molar-refractivity contribution in [1.82, 2.24) is 5.32 Å². The Hall–Kier alpha value is -3.23. The summed E-state index contributed by atoms with van der Waals surface area (Å²) in [7, 11) is 0. The van der Waals surface area contributed by atoms with Crippen molar-refractivity contribution >= 4 is 51.3 Å². The van der Waals surface area contributed by atoms with Crippen LogP contribution in [0.15, 0.2) is 42.5 Å². The summed E-state index contributed by atoms with van der Waals surface area (Å²) in [5, 5.41) is 8.95. The fourth-order valence-electron chi connectivity index (χ4n) is 3.20. The third-order valence-electron chi connectivity index (χ3n) is 5.20. The number of nitrogens with one attached hydrogen (secondary N) is 3. The zero-order valence-electron chi connectivity index (χ0n) is 17.9. The predicted molar refractivity (Wildman–Crippen MR) is 128 cm³/mol. The average molecular weight is 486 g/mol. The van der Waals surface area contributed by atoms with Crippen LogP contribution in [0.2, 0.25) is 5.02 Å². The molecule has 0 unspecified atom stereocenters. The number of amides is 3. The van der Waals surface area contributed by atoms with Crippen LogP contribution in [0.5, 0.6) is 0 Å². The highest BCUT2D eigenvalue weighted by molar-refractivity contribution is 7.18. The number of rotatable bonds is 6. The van der Waals surface area contributed by atoms with E-state index >= 15 is 0 Å². The number of hydrogen-bond donors (Lipinski definition) is 3. The summed E-state index contributed by atoms with van der Waals surface area (Å²) in [4.78, 5) is 38.2. The molecule has 3 aromatic rings. The molecule has 1 saturated carbocycles. The van der Waals surface area contributed by atoms with E-state index in [1.54, 1.807) is 31.2 Å². The summed E-state index contributed by atoms with van der Waals surface area (Å²) in [6.07, 6.45) is 1.98. The average Bonchev–Trinajstić information content (AvgIpc) is 3.49. The van der Waals surface area contributed by atoms with E-state index in [1.807, 2.05) is 6.92 Å². The minimum atomic E-state index is -0.535. The van der Waals surface area contributed by atoms with Gasteiger partial charge in [0, 0.05) is 17.3 Å². The van der Waals surface area contributed by atoms with Gasteiger partial charge in [-0.05, 0) is 74.2 Å². The van der Waals surface area contributed by atoms with Crippen molar-refractivity contribution in [3.05, 3.63) is 80.4 Å². The molecule has 0 atom stereocenters. The molecular weight excluding hydrogens is 465 g/mol. The summed E-state index contributed by atoms with van der Waals surface area (Å²) in [6, 6.07) is 10.6. The van der Waals surface area contributed by atoms with Crippen molar-refractivity contribution in [2.75, 3.05) is 10.6 Å². The lowest BCUT2D eigenvalue weighted by molar-refractivity contribution is 0.0949. The minimum absolute atomic E-state index is 0.000163. The van der Waals surface area contributed by atoms with Gasteiger partial charge >= 0.3 is 0 Å². The number of thiophene rings is 1. The van der Waals surface area contributed by atoms with Gasteiger partial charge in [0.05, 0.1) is 20.5 Å². The Bertz CT molecular complexity index is 1270. The smallest absolute Gasteiger partial charge is 0.266 e. The summed E-state index contributed by atoms with van der Waals surface area (Å²) >= 11 is 7.07. The van der Waals surface area contributed by atoms with Gasteiger partial charge in [0.2, 0.25) is 0 Å². The maximum Gasteiger partial charge on any atom is 0.266 e. The van der Waals surface area contributed by atoms with Crippen LogP contribution in [-0.4, -0.2) is 23.8 Å². The lowest BCUT2D eigenvalue weighted by Crippen LogP contribution is -2.25. The van der Waals surface area contributed by atoms with Crippen molar-refractivity contribution in [3.63, 3.8) is 0 Å². The molecule has 0 aliphatic heterocycles. The first kappa shape index (κ1) is 22.9. The van der Waals surface area contributed by atoms with E-state index in [0.29, 0.717) is 26.7 Å². The molecule has 9 heteroatoms. The van der Waals surface area contributed by atoms with Crippen molar-refractivity contribution in [1.29, 1.82) is 0 Å². The zero-order chi connectivity index (χ0) is 23.7. The maximum atomic E-state index is 13.2. The third-order valence-corrected chi connectivity index (χ3v) is 6.66. The molecule has 33 heavy (non-hydrogen) atoms. The minimum Gasteiger partial charge on any atom is -0.349 e. The number of carbonyl (C=O) groups is 3. The zero-order valence-corrected chi connectivity index (χ0v) is 19.5. The van der Waals surface area contributed by atoms with Crippen molar-refractivity contribution in [2.45, 2.75) is 32.7 Å². The van der Waals surface area contributed by atoms with Crippen LogP contribution in [0.3, 0.4) is 0 Å². The van der Waals surface area contributed by atoms with Gasteiger partial charge < -0.3 is 16.0 Å². The number of halogens is 2. The van der Waals surface area contributed by atoms with Crippen molar-refractivity contribution < 1.29 is 18.8 Å². The molecule has 2 aromatic carbocycles. The summed E-state index contributed by atoms with van der Waals surface area (Å²) in [5.74, 6) is -1.55. The number of carbonyl (C=O) groups excluding carboxylic acids is 3. The molecule has 0 spiro atoms. The molecule has 3 N–H and O–H groups in total. The van der Waals surface area contributed by atoms with Crippen LogP contribution in [0.4, 0.5) is 15.1 Å². The molecule has 0 radical (unpaired) electrons. The highest BCUT2D eigenvalue weighted by atomic mass is 35.5. The van der Waals surface area contributed by atoms with E-state index in [4.69, 9.17) is 11.6 Å². The molecule has 1 aliphatic rings. The summed E-state index contributed by atoms with van der Waals surface area (Å²) < 4.78 is 13.2. The van der Waals surface area contributed by atoms with Gasteiger partial charge in [0.25, 0.3) is 17.7 Å². The van der Waals surface area contributed by atoms with Crippen LogP contribution in [0, 0.1) is 19.7 Å². The molecule has 6 nitrogen and oxygen atoms in total. The monoisotopic (exact) mass is 485 g/mol. The van der Waals surface area contributed by atoms with Gasteiger partial charge in [0.1, 0.15) is 5.82 Å². The van der Waals surface area contributed by atoms with Crippen LogP contribution >= 0.6 is 22.9 Å². The normalized spacial score (nSPS) is 12.8. The largest absolute Gasteiger partial charge is 0.349 e. The highest BCUT2D eigenvalue weighted by Crippen LogP contribution is 2.29. The van der Waals surface area contributed by atoms with E-state index in [-0.39, 0.29) is 28.4 Å². The standard InChI is InChI=1S/C24H21ClFN3O3S/c1-12-3-4-14(22(30)27-16-6-7-16)10-19(12)28-24(32)21-13(2)9-20(33-21)29-23(31)17-8-5-15(26)11-18(17)25/h3-5,8-11,16H,6-7H2,1-2H3,(H,27,30)(H,28,32)(H,29,31). The Labute approximate surface area is 199 Å². The van der Waals surface area contributed by atoms with Crippen LogP contribution in [0.1, 0.15) is 54.4 Å². The Balaban J connectivity index is 1.48. The van der Waals surface area contributed by atoms with Crippen molar-refractivity contribution in [2.24, 2.45) is 0 Å². The predicted octanol–water partition coefficient (Wildman–Crippen LogP) is 5.55. The number of hydrogen-bond acceptors (Lipinski definition) is 4. The number of anilines is 2. The summed E-state index contributed by atoms with van der Waals surface area (Å²) in [6.45, 7) is 3.61. The quantitative estimate of drug-likeness (QED) is 0.427. The second-order valence-electron chi connectivity index (χ2n) is 7.93. The van der Waals surface area contributed by atoms with E-state index < -0.39 is 11.7 Å². The molecule has 0 bridgehead atoms. The third kappa shape index (κ3) is 5.40. The lowest BCUT2D eigenvalue weighted by atomic mass is 10.1. The maximum absolute atomic E-state index is 13.2. The Morgan fingerprint density at radius 3 is 2.39 bits per heavy atom. The van der Waals surface area contributed by atoms with Crippen molar-refractivity contribution in [3.8, 4) is 0 Å². The number of aryl methyl sites for hydroxylation is 2. The first-order valence-corrected chi connectivity index (χ1v) is 11.5. The Morgan fingerprint density at radius 2 is 1.70 bits per heavy atom. The van der Waals surface area contributed by atoms with Gasteiger partial charge in [-0.1, -0.05) is 17.7 Å². The Morgan fingerprint density at radius 1 is 0.939 bits per heavy atom. The molecule has 1 aliphatic carbocycles. The topological polar surface area (TPSA) is 87.3 Å². The van der Waals surface area contributed by atoms with Gasteiger partial charge in [0.15, 0.2) is 0 Å². The first-order valence-electron chi connectivity index (χ1n) is 10.3. The first-order chi connectivity index (χ1) is 15.7. The molecule has 0 saturated heterocycles. The molecule has 1 aromatic heterocycles. The van der Waals surface area contributed by atoms with E-state index in [9.17, 15) is 18.8 Å². The molecule has 1 fully saturated rings. The van der Waals surface area contributed by atoms with Gasteiger partial charge in [-0.3, -0.25) is 14.4 Å². The molecule has 4 rings (SSSR count). The second kappa shape index (κ2) is 9.33.